The highest BCUT2D eigenvalue weighted by molar-refractivity contribution is 5.93. The van der Waals surface area contributed by atoms with Crippen molar-refractivity contribution >= 4 is 16.7 Å². The van der Waals surface area contributed by atoms with Gasteiger partial charge in [0.2, 0.25) is 0 Å². The van der Waals surface area contributed by atoms with Crippen molar-refractivity contribution in [3.05, 3.63) is 81.7 Å². The summed E-state index contributed by atoms with van der Waals surface area (Å²) in [6.45, 7) is 8.57. The Hall–Kier alpha value is -3.72. The van der Waals surface area contributed by atoms with E-state index in [4.69, 9.17) is 9.72 Å². The fourth-order valence-corrected chi connectivity index (χ4v) is 4.70. The second-order valence-corrected chi connectivity index (χ2v) is 9.85. The van der Waals surface area contributed by atoms with Crippen molar-refractivity contribution in [2.75, 3.05) is 18.0 Å². The lowest BCUT2D eigenvalue weighted by molar-refractivity contribution is -0.0857. The van der Waals surface area contributed by atoms with Crippen LogP contribution < -0.4 is 10.5 Å². The summed E-state index contributed by atoms with van der Waals surface area (Å²) in [6, 6.07) is 8.92. The summed E-state index contributed by atoms with van der Waals surface area (Å²) in [4.78, 5) is 28.9. The van der Waals surface area contributed by atoms with Crippen LogP contribution >= 0.6 is 0 Å². The molecule has 3 aromatic heterocycles. The normalized spacial score (nSPS) is 17.5. The Balaban J connectivity index is 1.70. The molecule has 0 radical (unpaired) electrons. The quantitative estimate of drug-likeness (QED) is 0.416. The van der Waals surface area contributed by atoms with Gasteiger partial charge in [0, 0.05) is 43.7 Å². The molecule has 186 valence electrons. The molecule has 1 aromatic carbocycles. The molecule has 0 amide bonds. The van der Waals surface area contributed by atoms with E-state index in [1.54, 1.807) is 26.2 Å². The Morgan fingerprint density at radius 2 is 1.86 bits per heavy atom. The molecular weight excluding hydrogens is 464 g/mol. The number of fused-ring (bicyclic) bond motifs is 1. The Labute approximate surface area is 207 Å². The number of aromatic nitrogens is 4. The maximum Gasteiger partial charge on any atom is 0.261 e. The number of morpholine rings is 1. The molecule has 0 bridgehead atoms. The number of anilines is 1. The van der Waals surface area contributed by atoms with Crippen LogP contribution in [0, 0.1) is 25.5 Å². The van der Waals surface area contributed by atoms with Gasteiger partial charge in [-0.05, 0) is 63.6 Å². The molecule has 1 aliphatic rings. The second kappa shape index (κ2) is 8.74. The van der Waals surface area contributed by atoms with Crippen LogP contribution in [0.4, 0.5) is 14.6 Å². The standard InChI is InChI=1S/C27H27F2N5O2/c1-15-10-17(8-9-30-15)22-13-34(14-27(3,4)36-22)23-12-20-25(31-16(2)33(5)26(20)35)24(32-23)19-7-6-18(28)11-21(19)29/h6-12,22H,13-14H2,1-5H3/t22-/m1/s1. The third-order valence-electron chi connectivity index (χ3n) is 6.50. The number of benzene rings is 1. The van der Waals surface area contributed by atoms with Crippen LogP contribution in [0.5, 0.6) is 0 Å². The average Bonchev–Trinajstić information content (AvgIpc) is 2.81. The first-order chi connectivity index (χ1) is 17.0. The van der Waals surface area contributed by atoms with Gasteiger partial charge in [-0.3, -0.25) is 14.3 Å². The first kappa shape index (κ1) is 24.0. The molecule has 36 heavy (non-hydrogen) atoms. The van der Waals surface area contributed by atoms with Crippen LogP contribution in [-0.4, -0.2) is 38.2 Å². The van der Waals surface area contributed by atoms with Crippen LogP contribution in [0.1, 0.15) is 37.0 Å². The summed E-state index contributed by atoms with van der Waals surface area (Å²) < 4.78 is 36.5. The average molecular weight is 492 g/mol. The summed E-state index contributed by atoms with van der Waals surface area (Å²) in [5.41, 5.74) is 1.62. The number of aryl methyl sites for hydroxylation is 2. The van der Waals surface area contributed by atoms with E-state index in [1.165, 1.54) is 16.7 Å². The molecule has 4 heterocycles. The van der Waals surface area contributed by atoms with Gasteiger partial charge in [-0.15, -0.1) is 0 Å². The Kier molecular flexibility index (Phi) is 5.83. The summed E-state index contributed by atoms with van der Waals surface area (Å²) in [6.07, 6.45) is 1.49. The number of hydrogen-bond donors (Lipinski definition) is 0. The third-order valence-corrected chi connectivity index (χ3v) is 6.50. The molecule has 0 unspecified atom stereocenters. The molecule has 0 aliphatic carbocycles. The SMILES string of the molecule is Cc1cc([C@H]2CN(c3cc4c(=O)n(C)c(C)nc4c(-c4ccc(F)cc4F)n3)CC(C)(C)O2)ccn1. The van der Waals surface area contributed by atoms with Crippen molar-refractivity contribution in [3.63, 3.8) is 0 Å². The molecule has 4 aromatic rings. The number of ether oxygens (including phenoxy) is 1. The molecule has 9 heteroatoms. The van der Waals surface area contributed by atoms with E-state index < -0.39 is 17.2 Å². The van der Waals surface area contributed by atoms with Crippen molar-refractivity contribution in [2.24, 2.45) is 7.05 Å². The first-order valence-electron chi connectivity index (χ1n) is 11.7. The van der Waals surface area contributed by atoms with E-state index in [-0.39, 0.29) is 28.4 Å². The van der Waals surface area contributed by atoms with Gasteiger partial charge < -0.3 is 9.64 Å². The Morgan fingerprint density at radius 1 is 1.08 bits per heavy atom. The van der Waals surface area contributed by atoms with E-state index in [0.29, 0.717) is 30.1 Å². The number of nitrogens with zero attached hydrogens (tertiary/aromatic N) is 5. The van der Waals surface area contributed by atoms with Crippen molar-refractivity contribution in [1.82, 2.24) is 19.5 Å². The smallest absolute Gasteiger partial charge is 0.261 e. The fourth-order valence-electron chi connectivity index (χ4n) is 4.70. The van der Waals surface area contributed by atoms with Gasteiger partial charge in [0.15, 0.2) is 0 Å². The Morgan fingerprint density at radius 3 is 2.58 bits per heavy atom. The van der Waals surface area contributed by atoms with Gasteiger partial charge in [-0.1, -0.05) is 0 Å². The summed E-state index contributed by atoms with van der Waals surface area (Å²) in [7, 11) is 1.64. The minimum atomic E-state index is -0.770. The van der Waals surface area contributed by atoms with Gasteiger partial charge in [0.25, 0.3) is 5.56 Å². The highest BCUT2D eigenvalue weighted by atomic mass is 19.1. The van der Waals surface area contributed by atoms with Crippen molar-refractivity contribution in [1.29, 1.82) is 0 Å². The lowest BCUT2D eigenvalue weighted by Crippen LogP contribution is -2.50. The molecule has 1 fully saturated rings. The third kappa shape index (κ3) is 4.35. The van der Waals surface area contributed by atoms with E-state index in [2.05, 4.69) is 9.97 Å². The molecule has 1 aliphatic heterocycles. The van der Waals surface area contributed by atoms with Crippen molar-refractivity contribution < 1.29 is 13.5 Å². The topological polar surface area (TPSA) is 73.1 Å². The zero-order valence-corrected chi connectivity index (χ0v) is 20.8. The van der Waals surface area contributed by atoms with E-state index in [1.807, 2.05) is 37.8 Å². The highest BCUT2D eigenvalue weighted by Gasteiger charge is 2.35. The van der Waals surface area contributed by atoms with Crippen molar-refractivity contribution in [3.8, 4) is 11.3 Å². The predicted molar refractivity (Wildman–Crippen MR) is 134 cm³/mol. The number of hydrogen-bond acceptors (Lipinski definition) is 6. The van der Waals surface area contributed by atoms with Crippen LogP contribution in [-0.2, 0) is 11.8 Å². The van der Waals surface area contributed by atoms with Crippen LogP contribution in [0.3, 0.4) is 0 Å². The molecule has 1 saturated heterocycles. The number of halogens is 2. The van der Waals surface area contributed by atoms with Gasteiger partial charge >= 0.3 is 0 Å². The molecule has 0 spiro atoms. The number of pyridine rings is 2. The zero-order chi connectivity index (χ0) is 25.8. The van der Waals surface area contributed by atoms with Gasteiger partial charge in [0.1, 0.15) is 40.6 Å². The molecule has 0 saturated carbocycles. The maximum absolute atomic E-state index is 14.9. The summed E-state index contributed by atoms with van der Waals surface area (Å²) >= 11 is 0. The highest BCUT2D eigenvalue weighted by Crippen LogP contribution is 2.36. The van der Waals surface area contributed by atoms with Gasteiger partial charge in [0.05, 0.1) is 11.0 Å². The first-order valence-corrected chi connectivity index (χ1v) is 11.7. The van der Waals surface area contributed by atoms with Gasteiger partial charge in [-0.25, -0.2) is 18.7 Å². The minimum absolute atomic E-state index is 0.0808. The Bertz CT molecular complexity index is 1550. The lowest BCUT2D eigenvalue weighted by Gasteiger charge is -2.43. The van der Waals surface area contributed by atoms with E-state index in [9.17, 15) is 13.6 Å². The van der Waals surface area contributed by atoms with Crippen molar-refractivity contribution in [2.45, 2.75) is 39.4 Å². The molecule has 7 nitrogen and oxygen atoms in total. The van der Waals surface area contributed by atoms with Gasteiger partial charge in [-0.2, -0.15) is 0 Å². The second-order valence-electron chi connectivity index (χ2n) is 9.85. The van der Waals surface area contributed by atoms with Crippen LogP contribution in [0.2, 0.25) is 0 Å². The predicted octanol–water partition coefficient (Wildman–Crippen LogP) is 4.64. The lowest BCUT2D eigenvalue weighted by atomic mass is 10.0. The largest absolute Gasteiger partial charge is 0.364 e. The molecule has 5 rings (SSSR count). The summed E-state index contributed by atoms with van der Waals surface area (Å²) in [5.74, 6) is -0.502. The van der Waals surface area contributed by atoms with Crippen LogP contribution in [0.15, 0.2) is 47.4 Å². The number of rotatable bonds is 3. The zero-order valence-electron chi connectivity index (χ0n) is 20.8. The van der Waals surface area contributed by atoms with Crippen LogP contribution in [0.25, 0.3) is 22.2 Å². The minimum Gasteiger partial charge on any atom is -0.364 e. The summed E-state index contributed by atoms with van der Waals surface area (Å²) in [5, 5.41) is 0.312. The molecular formula is C27H27F2N5O2. The molecule has 0 N–H and O–H groups in total. The molecule has 1 atom stereocenters. The van der Waals surface area contributed by atoms with E-state index in [0.717, 1.165) is 17.3 Å². The monoisotopic (exact) mass is 491 g/mol. The maximum atomic E-state index is 14.9. The fraction of sp³-hybridized carbons (Fsp3) is 0.333. The van der Waals surface area contributed by atoms with E-state index >= 15 is 0 Å².